The Balaban J connectivity index is 1.96. The monoisotopic (exact) mass is 432 g/mol. The molecule has 0 spiro atoms. The summed E-state index contributed by atoms with van der Waals surface area (Å²) in [5, 5.41) is 20.3. The molecule has 0 fully saturated rings. The van der Waals surface area contributed by atoms with Crippen LogP contribution in [0.1, 0.15) is 17.0 Å². The van der Waals surface area contributed by atoms with Gasteiger partial charge in [0.15, 0.2) is 16.9 Å². The fourth-order valence-electron chi connectivity index (χ4n) is 4.12. The molecular formula is C23H16N2O7. The molecule has 1 atom stereocenters. The maximum absolute atomic E-state index is 13.2. The third-order valence-electron chi connectivity index (χ3n) is 5.47. The van der Waals surface area contributed by atoms with Gasteiger partial charge >= 0.3 is 5.63 Å². The van der Waals surface area contributed by atoms with Crippen LogP contribution in [0.4, 0.5) is 0 Å². The zero-order valence-corrected chi connectivity index (χ0v) is 17.0. The zero-order valence-electron chi connectivity index (χ0n) is 17.0. The van der Waals surface area contributed by atoms with Crippen molar-refractivity contribution in [2.45, 2.75) is 5.92 Å². The molecule has 9 heteroatoms. The number of nitrogens with two attached hydrogens (primary N) is 1. The van der Waals surface area contributed by atoms with Gasteiger partial charge in [-0.2, -0.15) is 5.26 Å². The second-order valence-corrected chi connectivity index (χ2v) is 7.08. The molecule has 9 nitrogen and oxygen atoms in total. The van der Waals surface area contributed by atoms with Crippen molar-refractivity contribution in [1.82, 2.24) is 0 Å². The molecular weight excluding hydrogens is 416 g/mol. The van der Waals surface area contributed by atoms with Crippen molar-refractivity contribution in [3.63, 3.8) is 0 Å². The van der Waals surface area contributed by atoms with Crippen LogP contribution in [0.15, 0.2) is 61.7 Å². The topological polar surface area (TPSA) is 141 Å². The summed E-state index contributed by atoms with van der Waals surface area (Å²) in [6.45, 7) is 0. The number of phenolic OH excluding ortho intramolecular Hbond substituents is 1. The Morgan fingerprint density at radius 1 is 1.09 bits per heavy atom. The lowest BCUT2D eigenvalue weighted by Crippen LogP contribution is -2.26. The number of furan rings is 1. The molecule has 1 aliphatic rings. The minimum Gasteiger partial charge on any atom is -0.508 e. The minimum atomic E-state index is -0.874. The summed E-state index contributed by atoms with van der Waals surface area (Å²) >= 11 is 0. The number of rotatable bonds is 3. The molecule has 0 radical (unpaired) electrons. The molecule has 1 aliphatic heterocycles. The number of nitrogens with zero attached hydrogens (tertiary/aromatic N) is 1. The molecule has 3 N–H and O–H groups in total. The molecule has 0 amide bonds. The van der Waals surface area contributed by atoms with Crippen LogP contribution in [0.2, 0.25) is 0 Å². The molecule has 0 saturated carbocycles. The Morgan fingerprint density at radius 2 is 1.81 bits per heavy atom. The Morgan fingerprint density at radius 3 is 2.47 bits per heavy atom. The molecule has 32 heavy (non-hydrogen) atoms. The van der Waals surface area contributed by atoms with Gasteiger partial charge in [-0.1, -0.05) is 12.1 Å². The van der Waals surface area contributed by atoms with Gasteiger partial charge in [-0.05, 0) is 23.8 Å². The van der Waals surface area contributed by atoms with Crippen LogP contribution in [0.5, 0.6) is 23.0 Å². The number of allylic oxidation sites excluding steroid dienone is 1. The maximum Gasteiger partial charge on any atom is 0.344 e. The highest BCUT2D eigenvalue weighted by molar-refractivity contribution is 6.09. The maximum atomic E-state index is 13.2. The highest BCUT2D eigenvalue weighted by atomic mass is 16.5. The van der Waals surface area contributed by atoms with Gasteiger partial charge in [0, 0.05) is 0 Å². The summed E-state index contributed by atoms with van der Waals surface area (Å²) in [4.78, 5) is 13.2. The Bertz CT molecular complexity index is 1520. The van der Waals surface area contributed by atoms with Crippen LogP contribution in [-0.4, -0.2) is 19.3 Å². The van der Waals surface area contributed by atoms with Gasteiger partial charge in [0.1, 0.15) is 28.5 Å². The third-order valence-corrected chi connectivity index (χ3v) is 5.47. The summed E-state index contributed by atoms with van der Waals surface area (Å²) in [6.07, 6.45) is 1.46. The molecule has 0 aliphatic carbocycles. The van der Waals surface area contributed by atoms with E-state index in [0.29, 0.717) is 27.7 Å². The van der Waals surface area contributed by atoms with Crippen LogP contribution in [0, 0.1) is 11.3 Å². The molecule has 4 aromatic rings. The molecule has 0 bridgehead atoms. The van der Waals surface area contributed by atoms with E-state index >= 15 is 0 Å². The van der Waals surface area contributed by atoms with Crippen molar-refractivity contribution in [3.05, 3.63) is 69.6 Å². The summed E-state index contributed by atoms with van der Waals surface area (Å²) in [7, 11) is 2.89. The van der Waals surface area contributed by atoms with E-state index in [0.717, 1.165) is 0 Å². The van der Waals surface area contributed by atoms with Crippen molar-refractivity contribution in [1.29, 1.82) is 5.26 Å². The van der Waals surface area contributed by atoms with Crippen LogP contribution >= 0.6 is 0 Å². The van der Waals surface area contributed by atoms with Crippen LogP contribution in [0.3, 0.4) is 0 Å². The molecule has 3 heterocycles. The number of hydrogen-bond acceptors (Lipinski definition) is 9. The lowest BCUT2D eigenvalue weighted by molar-refractivity contribution is 0.374. The number of phenols is 1. The number of benzene rings is 2. The smallest absolute Gasteiger partial charge is 0.344 e. The highest BCUT2D eigenvalue weighted by Crippen LogP contribution is 2.51. The molecule has 0 saturated heterocycles. The summed E-state index contributed by atoms with van der Waals surface area (Å²) < 4.78 is 28.2. The van der Waals surface area contributed by atoms with Crippen LogP contribution in [-0.2, 0) is 0 Å². The average molecular weight is 432 g/mol. The highest BCUT2D eigenvalue weighted by Gasteiger charge is 2.38. The minimum absolute atomic E-state index is 0.0378. The lowest BCUT2D eigenvalue weighted by Gasteiger charge is -2.26. The summed E-state index contributed by atoms with van der Waals surface area (Å²) in [6, 6.07) is 9.82. The number of ether oxygens (including phenoxy) is 3. The molecule has 2 aromatic heterocycles. The van der Waals surface area contributed by atoms with E-state index < -0.39 is 11.5 Å². The second-order valence-electron chi connectivity index (χ2n) is 7.08. The zero-order chi connectivity index (χ0) is 22.6. The van der Waals surface area contributed by atoms with Gasteiger partial charge in [0.05, 0.1) is 37.4 Å². The number of methoxy groups -OCH3 is 2. The Labute approximate surface area is 180 Å². The van der Waals surface area contributed by atoms with Gasteiger partial charge in [-0.25, -0.2) is 4.79 Å². The van der Waals surface area contributed by atoms with Crippen LogP contribution < -0.4 is 25.6 Å². The second kappa shape index (κ2) is 6.99. The van der Waals surface area contributed by atoms with Gasteiger partial charge in [0.2, 0.25) is 11.6 Å². The first-order valence-electron chi connectivity index (χ1n) is 9.48. The van der Waals surface area contributed by atoms with Crippen molar-refractivity contribution < 1.29 is 28.2 Å². The predicted molar refractivity (Wildman–Crippen MR) is 113 cm³/mol. The number of fused-ring (bicyclic) bond motifs is 4. The van der Waals surface area contributed by atoms with Gasteiger partial charge in [0.25, 0.3) is 0 Å². The van der Waals surface area contributed by atoms with E-state index in [1.807, 2.05) is 6.07 Å². The van der Waals surface area contributed by atoms with Crippen molar-refractivity contribution in [2.24, 2.45) is 5.73 Å². The standard InChI is InChI=1S/C23H16N2O7/c1-28-17-12-7-8-30-18(12)21(29-2)20-16(17)19-15(23(27)32-20)14(13(9-24)22(25)31-19)10-3-5-11(26)6-4-10/h3-8,14,26H,25H2,1-2H3. The Kier molecular flexibility index (Phi) is 4.23. The first-order chi connectivity index (χ1) is 15.5. The predicted octanol–water partition coefficient (Wildman–Crippen LogP) is 3.48. The van der Waals surface area contributed by atoms with E-state index in [-0.39, 0.29) is 39.9 Å². The SMILES string of the molecule is COc1c2occc2c(OC)c2c3c(c(=O)oc12)C(c1ccc(O)cc1)C(C#N)=C(N)O3. The van der Waals surface area contributed by atoms with E-state index in [1.54, 1.807) is 18.2 Å². The quantitative estimate of drug-likeness (QED) is 0.465. The lowest BCUT2D eigenvalue weighted by atomic mass is 9.83. The van der Waals surface area contributed by atoms with Crippen LogP contribution in [0.25, 0.3) is 21.9 Å². The number of hydrogen-bond donors (Lipinski definition) is 2. The van der Waals surface area contributed by atoms with Crippen molar-refractivity contribution in [2.75, 3.05) is 14.2 Å². The fraction of sp³-hybridized carbons (Fsp3) is 0.130. The largest absolute Gasteiger partial charge is 0.508 e. The third kappa shape index (κ3) is 2.53. The molecule has 5 rings (SSSR count). The number of aromatic hydroxyl groups is 1. The summed E-state index contributed by atoms with van der Waals surface area (Å²) in [5.41, 5.74) is 6.46. The van der Waals surface area contributed by atoms with Gasteiger partial charge in [-0.15, -0.1) is 0 Å². The first-order valence-corrected chi connectivity index (χ1v) is 9.48. The Hall–Kier alpha value is -4.58. The van der Waals surface area contributed by atoms with E-state index in [1.165, 1.54) is 32.6 Å². The summed E-state index contributed by atoms with van der Waals surface area (Å²) in [5.74, 6) is -0.361. The van der Waals surface area contributed by atoms with Crippen molar-refractivity contribution in [3.8, 4) is 29.1 Å². The average Bonchev–Trinajstić information content (AvgIpc) is 3.27. The molecule has 160 valence electrons. The van der Waals surface area contributed by atoms with Gasteiger partial charge < -0.3 is 33.9 Å². The van der Waals surface area contributed by atoms with E-state index in [4.69, 9.17) is 28.8 Å². The van der Waals surface area contributed by atoms with Crippen molar-refractivity contribution >= 4 is 21.9 Å². The van der Waals surface area contributed by atoms with E-state index in [9.17, 15) is 15.2 Å². The fourth-order valence-corrected chi connectivity index (χ4v) is 4.12. The van der Waals surface area contributed by atoms with E-state index in [2.05, 4.69) is 0 Å². The normalized spacial score (nSPS) is 15.3. The molecule has 1 unspecified atom stereocenters. The first kappa shape index (κ1) is 19.4. The molecule has 2 aromatic carbocycles. The number of nitriles is 1. The van der Waals surface area contributed by atoms with Gasteiger partial charge in [-0.3, -0.25) is 0 Å².